The van der Waals surface area contributed by atoms with E-state index in [-0.39, 0.29) is 0 Å². The zero-order valence-electron chi connectivity index (χ0n) is 9.59. The Morgan fingerprint density at radius 3 is 2.47 bits per heavy atom. The second-order valence-corrected chi connectivity index (χ2v) is 4.27. The molecule has 0 saturated carbocycles. The van der Waals surface area contributed by atoms with Crippen molar-refractivity contribution in [2.24, 2.45) is 0 Å². The number of ether oxygens (including phenoxy) is 1. The summed E-state index contributed by atoms with van der Waals surface area (Å²) in [4.78, 5) is 10.2. The minimum Gasteiger partial charge on any atom is -0.497 e. The molecule has 17 heavy (non-hydrogen) atoms. The van der Waals surface area contributed by atoms with Crippen LogP contribution in [0.3, 0.4) is 0 Å². The predicted molar refractivity (Wildman–Crippen MR) is 70.8 cm³/mol. The van der Waals surface area contributed by atoms with Gasteiger partial charge in [-0.2, -0.15) is 0 Å². The Hall–Kier alpha value is -1.62. The smallest absolute Gasteiger partial charge is 0.137 e. The van der Waals surface area contributed by atoms with Crippen molar-refractivity contribution < 1.29 is 4.74 Å². The lowest BCUT2D eigenvalue weighted by Crippen LogP contribution is -2.11. The fourth-order valence-corrected chi connectivity index (χ4v) is 1.74. The Labute approximate surface area is 108 Å². The van der Waals surface area contributed by atoms with Gasteiger partial charge in [-0.25, -0.2) is 9.97 Å². The highest BCUT2D eigenvalue weighted by atomic mass is 79.9. The molecule has 0 N–H and O–H groups in total. The number of nitrogens with zero attached hydrogens (tertiary/aromatic N) is 3. The minimum atomic E-state index is 0.767. The van der Waals surface area contributed by atoms with Gasteiger partial charge >= 0.3 is 0 Å². The lowest BCUT2D eigenvalue weighted by molar-refractivity contribution is 0.415. The number of hydrogen-bond donors (Lipinski definition) is 0. The molecule has 0 unspecified atom stereocenters. The highest BCUT2D eigenvalue weighted by molar-refractivity contribution is 9.10. The number of anilines is 2. The molecule has 2 rings (SSSR count). The maximum absolute atomic E-state index is 5.12. The van der Waals surface area contributed by atoms with E-state index in [4.69, 9.17) is 4.74 Å². The zero-order chi connectivity index (χ0) is 12.3. The molecule has 0 spiro atoms. The first kappa shape index (κ1) is 11.9. The quantitative estimate of drug-likeness (QED) is 0.816. The molecular formula is C12H12BrN3O. The molecule has 0 aliphatic rings. The first-order chi connectivity index (χ1) is 8.20. The van der Waals surface area contributed by atoms with Crippen LogP contribution in [0.15, 0.2) is 41.3 Å². The molecule has 0 aliphatic carbocycles. The van der Waals surface area contributed by atoms with Gasteiger partial charge in [0, 0.05) is 18.8 Å². The highest BCUT2D eigenvalue weighted by Gasteiger charge is 2.06. The molecular weight excluding hydrogens is 282 g/mol. The fourth-order valence-electron chi connectivity index (χ4n) is 1.45. The monoisotopic (exact) mass is 293 g/mol. The van der Waals surface area contributed by atoms with Crippen LogP contribution in [0.5, 0.6) is 5.75 Å². The summed E-state index contributed by atoms with van der Waals surface area (Å²) in [6.45, 7) is 0. The fraction of sp³-hybridized carbons (Fsp3) is 0.167. The van der Waals surface area contributed by atoms with Gasteiger partial charge in [-0.15, -0.1) is 0 Å². The maximum atomic E-state index is 5.12. The summed E-state index contributed by atoms with van der Waals surface area (Å²) in [5.41, 5.74) is 1.04. The molecule has 0 bridgehead atoms. The number of aromatic nitrogens is 2. The topological polar surface area (TPSA) is 38.2 Å². The van der Waals surface area contributed by atoms with E-state index in [1.807, 2.05) is 42.3 Å². The van der Waals surface area contributed by atoms with E-state index in [1.165, 1.54) is 6.33 Å². The average Bonchev–Trinajstić information content (AvgIpc) is 2.38. The Morgan fingerprint density at radius 1 is 1.18 bits per heavy atom. The van der Waals surface area contributed by atoms with Crippen LogP contribution in [0.2, 0.25) is 0 Å². The first-order valence-electron chi connectivity index (χ1n) is 5.06. The number of hydrogen-bond acceptors (Lipinski definition) is 4. The summed E-state index contributed by atoms with van der Waals surface area (Å²) in [5, 5.41) is 0. The van der Waals surface area contributed by atoms with Crippen LogP contribution < -0.4 is 9.64 Å². The van der Waals surface area contributed by atoms with E-state index in [2.05, 4.69) is 25.9 Å². The average molecular weight is 294 g/mol. The van der Waals surface area contributed by atoms with Gasteiger partial charge in [-0.05, 0) is 40.2 Å². The van der Waals surface area contributed by atoms with E-state index in [0.29, 0.717) is 0 Å². The zero-order valence-corrected chi connectivity index (χ0v) is 11.2. The highest BCUT2D eigenvalue weighted by Crippen LogP contribution is 2.24. The lowest BCUT2D eigenvalue weighted by Gasteiger charge is -2.18. The summed E-state index contributed by atoms with van der Waals surface area (Å²) < 4.78 is 5.89. The van der Waals surface area contributed by atoms with Gasteiger partial charge in [-0.1, -0.05) is 0 Å². The van der Waals surface area contributed by atoms with Gasteiger partial charge < -0.3 is 9.64 Å². The first-order valence-corrected chi connectivity index (χ1v) is 5.85. The molecule has 4 nitrogen and oxygen atoms in total. The molecule has 0 atom stereocenters. The third kappa shape index (κ3) is 2.74. The third-order valence-corrected chi connectivity index (χ3v) is 2.86. The molecule has 1 aromatic carbocycles. The largest absolute Gasteiger partial charge is 0.497 e. The van der Waals surface area contributed by atoms with E-state index in [9.17, 15) is 0 Å². The van der Waals surface area contributed by atoms with Crippen molar-refractivity contribution in [3.05, 3.63) is 41.3 Å². The molecule has 2 aromatic rings. The Morgan fingerprint density at radius 2 is 1.88 bits per heavy atom. The summed E-state index contributed by atoms with van der Waals surface area (Å²) in [6, 6.07) is 9.66. The van der Waals surface area contributed by atoms with E-state index >= 15 is 0 Å². The summed E-state index contributed by atoms with van der Waals surface area (Å²) in [7, 11) is 3.61. The van der Waals surface area contributed by atoms with E-state index in [0.717, 1.165) is 21.9 Å². The van der Waals surface area contributed by atoms with Crippen molar-refractivity contribution in [2.75, 3.05) is 19.1 Å². The number of benzene rings is 1. The van der Waals surface area contributed by atoms with Crippen LogP contribution in [0.1, 0.15) is 0 Å². The minimum absolute atomic E-state index is 0.767. The Bertz CT molecular complexity index is 501. The summed E-state index contributed by atoms with van der Waals surface area (Å²) in [5.74, 6) is 1.67. The van der Waals surface area contributed by atoms with Gasteiger partial charge in [0.15, 0.2) is 0 Å². The molecule has 88 valence electrons. The summed E-state index contributed by atoms with van der Waals surface area (Å²) >= 11 is 3.33. The number of rotatable bonds is 3. The van der Waals surface area contributed by atoms with Gasteiger partial charge in [0.1, 0.15) is 22.5 Å². The van der Waals surface area contributed by atoms with Crippen LogP contribution >= 0.6 is 15.9 Å². The van der Waals surface area contributed by atoms with Crippen LogP contribution in [-0.4, -0.2) is 24.1 Å². The predicted octanol–water partition coefficient (Wildman–Crippen LogP) is 3.02. The SMILES string of the molecule is COc1ccc(N(C)c2cc(Br)ncn2)cc1. The molecule has 5 heteroatoms. The van der Waals surface area contributed by atoms with Gasteiger partial charge in [0.2, 0.25) is 0 Å². The normalized spacial score (nSPS) is 10.1. The lowest BCUT2D eigenvalue weighted by atomic mass is 10.3. The van der Waals surface area contributed by atoms with Gasteiger partial charge in [-0.3, -0.25) is 0 Å². The standard InChI is InChI=1S/C12H12BrN3O/c1-16(12-7-11(13)14-8-15-12)9-3-5-10(17-2)6-4-9/h3-8H,1-2H3. The van der Waals surface area contributed by atoms with Crippen LogP contribution in [0, 0.1) is 0 Å². The van der Waals surface area contributed by atoms with Crippen molar-refractivity contribution in [1.29, 1.82) is 0 Å². The Kier molecular flexibility index (Phi) is 3.58. The molecule has 0 amide bonds. The van der Waals surface area contributed by atoms with E-state index in [1.54, 1.807) is 7.11 Å². The molecule has 0 fully saturated rings. The van der Waals surface area contributed by atoms with Crippen molar-refractivity contribution in [3.63, 3.8) is 0 Å². The second-order valence-electron chi connectivity index (χ2n) is 3.46. The second kappa shape index (κ2) is 5.14. The van der Waals surface area contributed by atoms with Crippen LogP contribution in [0.25, 0.3) is 0 Å². The van der Waals surface area contributed by atoms with Gasteiger partial charge in [0.25, 0.3) is 0 Å². The molecule has 1 heterocycles. The number of halogens is 1. The molecule has 0 saturated heterocycles. The van der Waals surface area contributed by atoms with Crippen molar-refractivity contribution in [3.8, 4) is 5.75 Å². The maximum Gasteiger partial charge on any atom is 0.137 e. The number of methoxy groups -OCH3 is 1. The Balaban J connectivity index is 2.27. The van der Waals surface area contributed by atoms with Crippen LogP contribution in [-0.2, 0) is 0 Å². The van der Waals surface area contributed by atoms with Crippen molar-refractivity contribution in [2.45, 2.75) is 0 Å². The van der Waals surface area contributed by atoms with Crippen LogP contribution in [0.4, 0.5) is 11.5 Å². The molecule has 0 aliphatic heterocycles. The van der Waals surface area contributed by atoms with Crippen molar-refractivity contribution >= 4 is 27.4 Å². The summed E-state index contributed by atoms with van der Waals surface area (Å²) in [6.07, 6.45) is 1.53. The van der Waals surface area contributed by atoms with Gasteiger partial charge in [0.05, 0.1) is 7.11 Å². The third-order valence-electron chi connectivity index (χ3n) is 2.42. The molecule has 0 radical (unpaired) electrons. The van der Waals surface area contributed by atoms with E-state index < -0.39 is 0 Å². The van der Waals surface area contributed by atoms with Crippen molar-refractivity contribution in [1.82, 2.24) is 9.97 Å². The molecule has 1 aromatic heterocycles.